The number of aryl methyl sites for hydroxylation is 2. The molecule has 0 aliphatic carbocycles. The Hall–Kier alpha value is -2.74. The fraction of sp³-hybridized carbons (Fsp3) is 0.294. The molecule has 3 rings (SSSR count). The number of benzene rings is 1. The van der Waals surface area contributed by atoms with E-state index in [1.165, 1.54) is 11.2 Å². The number of nitrogens with zero attached hydrogens (tertiary/aromatic N) is 4. The summed E-state index contributed by atoms with van der Waals surface area (Å²) in [5.74, 6) is 1.52. The van der Waals surface area contributed by atoms with Gasteiger partial charge in [-0.2, -0.15) is 5.10 Å². The molecule has 0 saturated carbocycles. The van der Waals surface area contributed by atoms with Crippen LogP contribution in [0.15, 0.2) is 35.6 Å². The van der Waals surface area contributed by atoms with Crippen LogP contribution in [0.1, 0.15) is 21.1 Å². The minimum atomic E-state index is 0.669. The Morgan fingerprint density at radius 3 is 2.76 bits per heavy atom. The van der Waals surface area contributed by atoms with Crippen molar-refractivity contribution in [3.63, 3.8) is 0 Å². The van der Waals surface area contributed by atoms with Gasteiger partial charge < -0.3 is 10.6 Å². The van der Waals surface area contributed by atoms with E-state index >= 15 is 0 Å². The molecule has 2 heterocycles. The predicted molar refractivity (Wildman–Crippen MR) is 100 cm³/mol. The summed E-state index contributed by atoms with van der Waals surface area (Å²) >= 11 is 1.71. The Morgan fingerprint density at radius 1 is 1.24 bits per heavy atom. The maximum Gasteiger partial charge on any atom is 0.191 e. The standard InChI is InChI=1S/C17H21N7S/c1-11-15(25-12(2)23-11)9-20-17(18-3)19-8-13-5-4-6-14(7-13)16-21-10-22-24-16/h4-7,10H,8-9H2,1-3H3,(H2,18,19,20)(H,21,22,24). The zero-order valence-electron chi connectivity index (χ0n) is 14.5. The highest BCUT2D eigenvalue weighted by molar-refractivity contribution is 7.11. The molecule has 0 spiro atoms. The van der Waals surface area contributed by atoms with Crippen molar-refractivity contribution in [2.24, 2.45) is 4.99 Å². The fourth-order valence-corrected chi connectivity index (χ4v) is 3.36. The first-order chi connectivity index (χ1) is 12.2. The lowest BCUT2D eigenvalue weighted by atomic mass is 10.1. The minimum Gasteiger partial charge on any atom is -0.352 e. The van der Waals surface area contributed by atoms with E-state index in [-0.39, 0.29) is 0 Å². The molecule has 0 atom stereocenters. The average Bonchev–Trinajstić information content (AvgIpc) is 3.25. The van der Waals surface area contributed by atoms with Crippen LogP contribution in [0.4, 0.5) is 0 Å². The average molecular weight is 355 g/mol. The van der Waals surface area contributed by atoms with Crippen molar-refractivity contribution in [1.29, 1.82) is 0 Å². The van der Waals surface area contributed by atoms with Crippen molar-refractivity contribution >= 4 is 17.3 Å². The van der Waals surface area contributed by atoms with E-state index in [1.54, 1.807) is 18.4 Å². The van der Waals surface area contributed by atoms with E-state index in [0.29, 0.717) is 6.54 Å². The third-order valence-corrected chi connectivity index (χ3v) is 4.79. The van der Waals surface area contributed by atoms with Crippen LogP contribution in [0.2, 0.25) is 0 Å². The quantitative estimate of drug-likeness (QED) is 0.483. The molecule has 8 heteroatoms. The molecular weight excluding hydrogens is 334 g/mol. The molecule has 3 N–H and O–H groups in total. The second-order valence-corrected chi connectivity index (χ2v) is 6.84. The summed E-state index contributed by atoms with van der Waals surface area (Å²) in [5.41, 5.74) is 3.22. The van der Waals surface area contributed by atoms with E-state index in [2.05, 4.69) is 47.9 Å². The maximum atomic E-state index is 4.45. The van der Waals surface area contributed by atoms with Gasteiger partial charge in [0.1, 0.15) is 6.33 Å². The number of guanidine groups is 1. The van der Waals surface area contributed by atoms with Crippen LogP contribution < -0.4 is 10.6 Å². The summed E-state index contributed by atoms with van der Waals surface area (Å²) in [6.07, 6.45) is 1.51. The second kappa shape index (κ2) is 7.89. The molecule has 0 bridgehead atoms. The number of rotatable bonds is 5. The van der Waals surface area contributed by atoms with Gasteiger partial charge in [-0.25, -0.2) is 9.97 Å². The van der Waals surface area contributed by atoms with Crippen molar-refractivity contribution in [3.05, 3.63) is 51.7 Å². The number of nitrogens with one attached hydrogen (secondary N) is 3. The first-order valence-electron chi connectivity index (χ1n) is 7.98. The molecule has 0 unspecified atom stereocenters. The molecule has 0 aliphatic rings. The largest absolute Gasteiger partial charge is 0.352 e. The first-order valence-corrected chi connectivity index (χ1v) is 8.79. The molecule has 3 aromatic rings. The Balaban J connectivity index is 1.58. The number of H-pyrrole nitrogens is 1. The van der Waals surface area contributed by atoms with Gasteiger partial charge in [-0.15, -0.1) is 11.3 Å². The lowest BCUT2D eigenvalue weighted by Gasteiger charge is -2.12. The highest BCUT2D eigenvalue weighted by Crippen LogP contribution is 2.17. The number of thiazole rings is 1. The lowest BCUT2D eigenvalue weighted by molar-refractivity contribution is 0.811. The van der Waals surface area contributed by atoms with E-state index in [0.717, 1.165) is 40.2 Å². The van der Waals surface area contributed by atoms with Crippen molar-refractivity contribution in [1.82, 2.24) is 30.8 Å². The first kappa shape index (κ1) is 17.1. The van der Waals surface area contributed by atoms with Gasteiger partial charge in [0.2, 0.25) is 0 Å². The monoisotopic (exact) mass is 355 g/mol. The summed E-state index contributed by atoms with van der Waals surface area (Å²) in [4.78, 5) is 14.1. The van der Waals surface area contributed by atoms with Crippen LogP contribution in [0.3, 0.4) is 0 Å². The second-order valence-electron chi connectivity index (χ2n) is 5.56. The molecule has 0 fully saturated rings. The molecule has 25 heavy (non-hydrogen) atoms. The third kappa shape index (κ3) is 4.42. The molecule has 0 aliphatic heterocycles. The van der Waals surface area contributed by atoms with E-state index in [9.17, 15) is 0 Å². The Kier molecular flexibility index (Phi) is 5.39. The number of aliphatic imine (C=N–C) groups is 1. The maximum absolute atomic E-state index is 4.45. The highest BCUT2D eigenvalue weighted by Gasteiger charge is 2.06. The fourth-order valence-electron chi connectivity index (χ4n) is 2.48. The number of hydrogen-bond donors (Lipinski definition) is 3. The van der Waals surface area contributed by atoms with Gasteiger partial charge in [-0.1, -0.05) is 18.2 Å². The van der Waals surface area contributed by atoms with E-state index < -0.39 is 0 Å². The van der Waals surface area contributed by atoms with Gasteiger partial charge in [0.05, 0.1) is 17.2 Å². The zero-order chi connectivity index (χ0) is 17.6. The van der Waals surface area contributed by atoms with E-state index in [4.69, 9.17) is 0 Å². The number of hydrogen-bond acceptors (Lipinski definition) is 5. The third-order valence-electron chi connectivity index (χ3n) is 3.71. The van der Waals surface area contributed by atoms with Crippen molar-refractivity contribution in [2.75, 3.05) is 7.05 Å². The predicted octanol–water partition coefficient (Wildman–Crippen LogP) is 2.41. The smallest absolute Gasteiger partial charge is 0.191 e. The van der Waals surface area contributed by atoms with Gasteiger partial charge in [-0.05, 0) is 25.5 Å². The molecule has 1 aromatic carbocycles. The van der Waals surface area contributed by atoms with Gasteiger partial charge in [-0.3, -0.25) is 10.1 Å². The van der Waals surface area contributed by atoms with Gasteiger partial charge in [0.15, 0.2) is 11.8 Å². The zero-order valence-corrected chi connectivity index (χ0v) is 15.3. The molecular formula is C17H21N7S. The molecule has 0 amide bonds. The highest BCUT2D eigenvalue weighted by atomic mass is 32.1. The summed E-state index contributed by atoms with van der Waals surface area (Å²) in [5, 5.41) is 14.5. The molecule has 130 valence electrons. The number of aromatic nitrogens is 4. The SMILES string of the molecule is CN=C(NCc1cccc(-c2ncn[nH]2)c1)NCc1sc(C)nc1C. The minimum absolute atomic E-state index is 0.669. The van der Waals surface area contributed by atoms with Crippen LogP contribution in [0.5, 0.6) is 0 Å². The Morgan fingerprint density at radius 2 is 2.08 bits per heavy atom. The van der Waals surface area contributed by atoms with Crippen molar-refractivity contribution in [2.45, 2.75) is 26.9 Å². The van der Waals surface area contributed by atoms with Crippen molar-refractivity contribution < 1.29 is 0 Å². The van der Waals surface area contributed by atoms with Crippen molar-refractivity contribution in [3.8, 4) is 11.4 Å². The van der Waals surface area contributed by atoms with Crippen LogP contribution in [-0.4, -0.2) is 33.2 Å². The summed E-state index contributed by atoms with van der Waals surface area (Å²) in [6.45, 7) is 5.44. The van der Waals surface area contributed by atoms with Crippen LogP contribution in [0.25, 0.3) is 11.4 Å². The normalized spacial score (nSPS) is 11.6. The van der Waals surface area contributed by atoms with Gasteiger partial charge in [0, 0.05) is 24.0 Å². The summed E-state index contributed by atoms with van der Waals surface area (Å²) in [7, 11) is 1.77. The van der Waals surface area contributed by atoms with Crippen LogP contribution >= 0.6 is 11.3 Å². The lowest BCUT2D eigenvalue weighted by Crippen LogP contribution is -2.36. The van der Waals surface area contributed by atoms with E-state index in [1.807, 2.05) is 26.0 Å². The molecule has 0 saturated heterocycles. The van der Waals surface area contributed by atoms with Crippen LogP contribution in [0, 0.1) is 13.8 Å². The number of aromatic amines is 1. The van der Waals surface area contributed by atoms with Crippen LogP contribution in [-0.2, 0) is 13.1 Å². The Labute approximate surface area is 150 Å². The topological polar surface area (TPSA) is 90.9 Å². The van der Waals surface area contributed by atoms with Gasteiger partial charge in [0.25, 0.3) is 0 Å². The molecule has 2 aromatic heterocycles. The summed E-state index contributed by atoms with van der Waals surface area (Å²) < 4.78 is 0. The molecule has 7 nitrogen and oxygen atoms in total. The molecule has 0 radical (unpaired) electrons. The summed E-state index contributed by atoms with van der Waals surface area (Å²) in [6, 6.07) is 8.16. The Bertz CT molecular complexity index is 852. The van der Waals surface area contributed by atoms with Gasteiger partial charge >= 0.3 is 0 Å².